The van der Waals surface area contributed by atoms with Crippen LogP contribution in [0.3, 0.4) is 0 Å². The van der Waals surface area contributed by atoms with E-state index in [2.05, 4.69) is 15.2 Å². The average Bonchev–Trinajstić information content (AvgIpc) is 3.28. The van der Waals surface area contributed by atoms with Crippen LogP contribution < -0.4 is 5.32 Å². The minimum absolute atomic E-state index is 0.0466. The first-order chi connectivity index (χ1) is 11.2. The van der Waals surface area contributed by atoms with Crippen LogP contribution in [0.5, 0.6) is 0 Å². The molecule has 4 rings (SSSR count). The number of aromatic nitrogens is 2. The summed E-state index contributed by atoms with van der Waals surface area (Å²) in [6.45, 7) is 4.18. The van der Waals surface area contributed by atoms with Crippen molar-refractivity contribution in [2.75, 3.05) is 13.1 Å². The molecule has 0 radical (unpaired) electrons. The van der Waals surface area contributed by atoms with E-state index in [1.54, 1.807) is 11.3 Å². The third-order valence-corrected chi connectivity index (χ3v) is 6.24. The Morgan fingerprint density at radius 1 is 1.30 bits per heavy atom. The monoisotopic (exact) mass is 332 g/mol. The lowest BCUT2D eigenvalue weighted by molar-refractivity contribution is -0.133. The van der Waals surface area contributed by atoms with Crippen molar-refractivity contribution in [2.45, 2.75) is 57.0 Å². The molecule has 0 aromatic carbocycles. The van der Waals surface area contributed by atoms with Gasteiger partial charge in [-0.15, -0.1) is 11.3 Å². The van der Waals surface area contributed by atoms with E-state index in [0.29, 0.717) is 0 Å². The number of fused-ring (bicyclic) bond motifs is 1. The van der Waals surface area contributed by atoms with Gasteiger partial charge in [0.2, 0.25) is 5.91 Å². The van der Waals surface area contributed by atoms with Gasteiger partial charge in [0.15, 0.2) is 4.96 Å². The van der Waals surface area contributed by atoms with Crippen molar-refractivity contribution in [1.82, 2.24) is 19.6 Å². The number of nitrogens with one attached hydrogen (secondary N) is 1. The van der Waals surface area contributed by atoms with E-state index in [1.165, 1.54) is 25.7 Å². The molecule has 1 saturated heterocycles. The summed E-state index contributed by atoms with van der Waals surface area (Å²) in [7, 11) is 0. The molecule has 2 aromatic heterocycles. The Kier molecular flexibility index (Phi) is 3.89. The van der Waals surface area contributed by atoms with E-state index < -0.39 is 0 Å². The van der Waals surface area contributed by atoms with E-state index in [4.69, 9.17) is 0 Å². The van der Waals surface area contributed by atoms with Gasteiger partial charge in [0.1, 0.15) is 5.54 Å². The molecule has 3 heterocycles. The summed E-state index contributed by atoms with van der Waals surface area (Å²) in [5.41, 5.74) is 0.682. The van der Waals surface area contributed by atoms with Gasteiger partial charge >= 0.3 is 0 Å². The highest BCUT2D eigenvalue weighted by molar-refractivity contribution is 7.15. The molecule has 2 aliphatic rings. The zero-order valence-electron chi connectivity index (χ0n) is 13.6. The molecule has 1 atom stereocenters. The molecule has 0 spiro atoms. The maximum absolute atomic E-state index is 13.1. The van der Waals surface area contributed by atoms with Crippen LogP contribution in [0, 0.1) is 0 Å². The van der Waals surface area contributed by atoms with Crippen LogP contribution in [-0.2, 0) is 4.79 Å². The fourth-order valence-electron chi connectivity index (χ4n) is 4.15. The zero-order valence-corrected chi connectivity index (χ0v) is 14.4. The quantitative estimate of drug-likeness (QED) is 0.936. The van der Waals surface area contributed by atoms with Crippen LogP contribution in [0.2, 0.25) is 0 Å². The fourth-order valence-corrected chi connectivity index (χ4v) is 4.86. The van der Waals surface area contributed by atoms with Crippen LogP contribution in [0.1, 0.15) is 57.2 Å². The Balaban J connectivity index is 1.52. The Labute approximate surface area is 140 Å². The molecule has 23 heavy (non-hydrogen) atoms. The number of likely N-dealkylation sites (tertiary alicyclic amines) is 1. The fraction of sp³-hybridized carbons (Fsp3) is 0.647. The lowest BCUT2D eigenvalue weighted by Gasteiger charge is -2.37. The summed E-state index contributed by atoms with van der Waals surface area (Å²) in [6, 6.07) is -0.0466. The molecule has 0 unspecified atom stereocenters. The number of rotatable bonds is 4. The predicted octanol–water partition coefficient (Wildman–Crippen LogP) is 2.98. The predicted molar refractivity (Wildman–Crippen MR) is 91.6 cm³/mol. The first-order valence-corrected chi connectivity index (χ1v) is 9.55. The standard InChI is InChI=1S/C17H24N4OS/c1-13(14-12-20-10-11-23-16(20)19-14)18-15(22)17(6-2-3-7-17)21-8-4-5-9-21/h10-13H,2-9H2,1H3,(H,18,22)/t13-/m0/s1. The summed E-state index contributed by atoms with van der Waals surface area (Å²) >= 11 is 1.62. The number of carbonyl (C=O) groups is 1. The number of hydrogen-bond donors (Lipinski definition) is 1. The second kappa shape index (κ2) is 5.91. The smallest absolute Gasteiger partial charge is 0.241 e. The van der Waals surface area contributed by atoms with Crippen molar-refractivity contribution in [3.8, 4) is 0 Å². The van der Waals surface area contributed by atoms with Crippen molar-refractivity contribution in [3.05, 3.63) is 23.5 Å². The molecule has 1 aliphatic heterocycles. The number of nitrogens with zero attached hydrogens (tertiary/aromatic N) is 3. The van der Waals surface area contributed by atoms with Gasteiger partial charge in [-0.25, -0.2) is 4.98 Å². The van der Waals surface area contributed by atoms with Crippen molar-refractivity contribution in [3.63, 3.8) is 0 Å². The third-order valence-electron chi connectivity index (χ3n) is 5.47. The Bertz CT molecular complexity index is 666. The molecule has 1 saturated carbocycles. The van der Waals surface area contributed by atoms with Gasteiger partial charge in [0, 0.05) is 17.8 Å². The number of carbonyl (C=O) groups excluding carboxylic acids is 1. The molecule has 2 aromatic rings. The minimum atomic E-state index is -0.262. The van der Waals surface area contributed by atoms with Crippen molar-refractivity contribution >= 4 is 22.2 Å². The van der Waals surface area contributed by atoms with Crippen molar-refractivity contribution in [2.24, 2.45) is 0 Å². The molecule has 1 N–H and O–H groups in total. The van der Waals surface area contributed by atoms with E-state index in [-0.39, 0.29) is 17.5 Å². The Hall–Kier alpha value is -1.40. The highest BCUT2D eigenvalue weighted by Crippen LogP contribution is 2.38. The highest BCUT2D eigenvalue weighted by atomic mass is 32.1. The number of thiazole rings is 1. The number of imidazole rings is 1. The largest absolute Gasteiger partial charge is 0.346 e. The van der Waals surface area contributed by atoms with Gasteiger partial charge in [-0.1, -0.05) is 12.8 Å². The van der Waals surface area contributed by atoms with Crippen molar-refractivity contribution in [1.29, 1.82) is 0 Å². The second-order valence-electron chi connectivity index (χ2n) is 6.89. The summed E-state index contributed by atoms with van der Waals surface area (Å²) in [5.74, 6) is 0.209. The first-order valence-electron chi connectivity index (χ1n) is 8.67. The molecule has 1 amide bonds. The number of amides is 1. The maximum Gasteiger partial charge on any atom is 0.241 e. The van der Waals surface area contributed by atoms with Gasteiger partial charge < -0.3 is 5.32 Å². The van der Waals surface area contributed by atoms with Crippen LogP contribution in [0.4, 0.5) is 0 Å². The highest BCUT2D eigenvalue weighted by Gasteiger charge is 2.47. The minimum Gasteiger partial charge on any atom is -0.346 e. The molecule has 6 heteroatoms. The lowest BCUT2D eigenvalue weighted by Crippen LogP contribution is -2.56. The summed E-state index contributed by atoms with van der Waals surface area (Å²) < 4.78 is 2.02. The Morgan fingerprint density at radius 2 is 2.04 bits per heavy atom. The second-order valence-corrected chi connectivity index (χ2v) is 7.76. The summed E-state index contributed by atoms with van der Waals surface area (Å²) in [5, 5.41) is 5.28. The Morgan fingerprint density at radius 3 is 2.74 bits per heavy atom. The third kappa shape index (κ3) is 2.58. The topological polar surface area (TPSA) is 49.6 Å². The molecule has 2 fully saturated rings. The van der Waals surface area contributed by atoms with E-state index in [1.807, 2.05) is 29.1 Å². The number of hydrogen-bond acceptors (Lipinski definition) is 4. The van der Waals surface area contributed by atoms with Crippen molar-refractivity contribution < 1.29 is 4.79 Å². The molecule has 124 valence electrons. The summed E-state index contributed by atoms with van der Waals surface area (Å²) in [6.07, 6.45) is 10.8. The molecule has 0 bridgehead atoms. The maximum atomic E-state index is 13.1. The molecular weight excluding hydrogens is 308 g/mol. The molecule has 1 aliphatic carbocycles. The van der Waals surface area contributed by atoms with Crippen LogP contribution in [0.15, 0.2) is 17.8 Å². The van der Waals surface area contributed by atoms with Gasteiger partial charge in [-0.05, 0) is 45.7 Å². The SMILES string of the molecule is C[C@H](NC(=O)C1(N2CCCC2)CCCC1)c1cn2ccsc2n1. The van der Waals surface area contributed by atoms with Gasteiger partial charge in [-0.3, -0.25) is 14.1 Å². The average molecular weight is 332 g/mol. The summed E-state index contributed by atoms with van der Waals surface area (Å²) in [4.78, 5) is 21.2. The van der Waals surface area contributed by atoms with Gasteiger partial charge in [0.25, 0.3) is 0 Å². The molecular formula is C17H24N4OS. The zero-order chi connectivity index (χ0) is 15.9. The van der Waals surface area contributed by atoms with Gasteiger partial charge in [0.05, 0.1) is 11.7 Å². The van der Waals surface area contributed by atoms with E-state index in [0.717, 1.165) is 36.6 Å². The van der Waals surface area contributed by atoms with Crippen LogP contribution in [0.25, 0.3) is 4.96 Å². The first kappa shape index (κ1) is 15.1. The lowest BCUT2D eigenvalue weighted by atomic mass is 9.93. The van der Waals surface area contributed by atoms with E-state index >= 15 is 0 Å². The normalized spacial score (nSPS) is 22.7. The van der Waals surface area contributed by atoms with E-state index in [9.17, 15) is 4.79 Å². The molecule has 5 nitrogen and oxygen atoms in total. The van der Waals surface area contributed by atoms with Crippen LogP contribution >= 0.6 is 11.3 Å². The van der Waals surface area contributed by atoms with Crippen LogP contribution in [-0.4, -0.2) is 38.8 Å². The van der Waals surface area contributed by atoms with Gasteiger partial charge in [-0.2, -0.15) is 0 Å².